The molecule has 2 aliphatic rings. The summed E-state index contributed by atoms with van der Waals surface area (Å²) in [6.45, 7) is 0.942. The molecule has 0 radical (unpaired) electrons. The van der Waals surface area contributed by atoms with Gasteiger partial charge in [0.2, 0.25) is 17.7 Å². The van der Waals surface area contributed by atoms with Crippen LogP contribution in [0.25, 0.3) is 0 Å². The van der Waals surface area contributed by atoms with Crippen LogP contribution in [-0.4, -0.2) is 64.6 Å². The standard InChI is InChI=1S/C23H23F2N3O3/c24-18-6-3-4-16(12-18)14-27-15-22(30)28-11-10-26(9-8-20(28)23(27)31)21(29)13-17-5-1-2-7-19(17)25/h1-7,12,20H,8-11,13-15H2. The number of halogens is 2. The molecule has 0 saturated carbocycles. The van der Waals surface area contributed by atoms with Crippen molar-refractivity contribution in [1.82, 2.24) is 14.7 Å². The van der Waals surface area contributed by atoms with Gasteiger partial charge in [0.15, 0.2) is 0 Å². The summed E-state index contributed by atoms with van der Waals surface area (Å²) in [5.41, 5.74) is 0.938. The number of carbonyl (C=O) groups is 3. The van der Waals surface area contributed by atoms with Gasteiger partial charge >= 0.3 is 0 Å². The van der Waals surface area contributed by atoms with E-state index < -0.39 is 17.7 Å². The maximum absolute atomic E-state index is 13.9. The Balaban J connectivity index is 1.43. The summed E-state index contributed by atoms with van der Waals surface area (Å²) in [5, 5.41) is 0. The maximum Gasteiger partial charge on any atom is 0.246 e. The number of rotatable bonds is 4. The second kappa shape index (κ2) is 8.83. The molecule has 0 aliphatic carbocycles. The van der Waals surface area contributed by atoms with Gasteiger partial charge in [-0.05, 0) is 35.7 Å². The van der Waals surface area contributed by atoms with Crippen LogP contribution in [0, 0.1) is 11.6 Å². The fourth-order valence-corrected chi connectivity index (χ4v) is 4.18. The van der Waals surface area contributed by atoms with Crippen LogP contribution in [-0.2, 0) is 27.3 Å². The van der Waals surface area contributed by atoms with Gasteiger partial charge < -0.3 is 14.7 Å². The van der Waals surface area contributed by atoms with Crippen molar-refractivity contribution in [3.05, 3.63) is 71.3 Å². The minimum Gasteiger partial charge on any atom is -0.341 e. The van der Waals surface area contributed by atoms with Crippen LogP contribution >= 0.6 is 0 Å². The molecule has 1 atom stereocenters. The Morgan fingerprint density at radius 2 is 1.81 bits per heavy atom. The van der Waals surface area contributed by atoms with Crippen molar-refractivity contribution >= 4 is 17.7 Å². The summed E-state index contributed by atoms with van der Waals surface area (Å²) in [4.78, 5) is 43.0. The predicted molar refractivity (Wildman–Crippen MR) is 109 cm³/mol. The number of fused-ring (bicyclic) bond motifs is 1. The number of benzene rings is 2. The van der Waals surface area contributed by atoms with E-state index in [0.29, 0.717) is 30.6 Å². The molecule has 2 saturated heterocycles. The average Bonchev–Trinajstić information content (AvgIpc) is 2.97. The minimum atomic E-state index is -0.652. The van der Waals surface area contributed by atoms with E-state index in [4.69, 9.17) is 0 Å². The first-order valence-electron chi connectivity index (χ1n) is 10.3. The number of carbonyl (C=O) groups excluding carboxylic acids is 3. The monoisotopic (exact) mass is 427 g/mol. The summed E-state index contributed by atoms with van der Waals surface area (Å²) < 4.78 is 27.4. The van der Waals surface area contributed by atoms with Crippen molar-refractivity contribution in [2.45, 2.75) is 25.4 Å². The van der Waals surface area contributed by atoms with Crippen LogP contribution in [0.3, 0.4) is 0 Å². The zero-order chi connectivity index (χ0) is 22.0. The van der Waals surface area contributed by atoms with E-state index in [1.165, 1.54) is 28.0 Å². The van der Waals surface area contributed by atoms with Crippen LogP contribution in [0.2, 0.25) is 0 Å². The van der Waals surface area contributed by atoms with E-state index in [2.05, 4.69) is 0 Å². The van der Waals surface area contributed by atoms with Gasteiger partial charge in [0, 0.05) is 26.2 Å². The summed E-state index contributed by atoms with van der Waals surface area (Å²) in [6.07, 6.45) is 0.248. The van der Waals surface area contributed by atoms with E-state index in [9.17, 15) is 23.2 Å². The van der Waals surface area contributed by atoms with Crippen molar-refractivity contribution in [3.63, 3.8) is 0 Å². The SMILES string of the molecule is O=C(Cc1ccccc1F)N1CCC2C(=O)N(Cc3cccc(F)c3)CC(=O)N2CC1. The highest BCUT2D eigenvalue weighted by Crippen LogP contribution is 2.22. The smallest absolute Gasteiger partial charge is 0.246 e. The Hall–Kier alpha value is -3.29. The second-order valence-electron chi connectivity index (χ2n) is 7.86. The maximum atomic E-state index is 13.9. The Bertz CT molecular complexity index is 1010. The zero-order valence-electron chi connectivity index (χ0n) is 17.0. The van der Waals surface area contributed by atoms with E-state index in [1.807, 2.05) is 0 Å². The van der Waals surface area contributed by atoms with Crippen LogP contribution in [0.5, 0.6) is 0 Å². The third kappa shape index (κ3) is 4.57. The van der Waals surface area contributed by atoms with E-state index >= 15 is 0 Å². The molecule has 6 nitrogen and oxygen atoms in total. The molecular weight excluding hydrogens is 404 g/mol. The van der Waals surface area contributed by atoms with E-state index in [0.717, 1.165) is 0 Å². The highest BCUT2D eigenvalue weighted by molar-refractivity contribution is 5.95. The molecule has 0 aromatic heterocycles. The first-order chi connectivity index (χ1) is 14.9. The number of amides is 3. The molecule has 2 aromatic carbocycles. The van der Waals surface area contributed by atoms with Crippen molar-refractivity contribution in [2.75, 3.05) is 26.2 Å². The molecule has 2 aromatic rings. The lowest BCUT2D eigenvalue weighted by Crippen LogP contribution is -2.59. The normalized spacial score (nSPS) is 19.3. The Kier molecular flexibility index (Phi) is 5.97. The fourth-order valence-electron chi connectivity index (χ4n) is 4.18. The van der Waals surface area contributed by atoms with Crippen molar-refractivity contribution in [3.8, 4) is 0 Å². The number of piperazine rings is 1. The third-order valence-electron chi connectivity index (χ3n) is 5.82. The Morgan fingerprint density at radius 3 is 2.58 bits per heavy atom. The van der Waals surface area contributed by atoms with Gasteiger partial charge in [-0.2, -0.15) is 0 Å². The average molecular weight is 427 g/mol. The molecule has 8 heteroatoms. The van der Waals surface area contributed by atoms with Gasteiger partial charge in [0.05, 0.1) is 6.42 Å². The Labute approximate surface area is 179 Å². The van der Waals surface area contributed by atoms with Crippen LogP contribution in [0.1, 0.15) is 17.5 Å². The van der Waals surface area contributed by atoms with Crippen molar-refractivity contribution < 1.29 is 23.2 Å². The molecule has 162 valence electrons. The first-order valence-corrected chi connectivity index (χ1v) is 10.3. The highest BCUT2D eigenvalue weighted by Gasteiger charge is 2.41. The number of hydrogen-bond donors (Lipinski definition) is 0. The van der Waals surface area contributed by atoms with Gasteiger partial charge in [-0.1, -0.05) is 30.3 Å². The van der Waals surface area contributed by atoms with Gasteiger partial charge in [0.25, 0.3) is 0 Å². The molecular formula is C23H23F2N3O3. The predicted octanol–water partition coefficient (Wildman–Crippen LogP) is 1.98. The Morgan fingerprint density at radius 1 is 1.00 bits per heavy atom. The van der Waals surface area contributed by atoms with E-state index in [1.54, 1.807) is 35.2 Å². The summed E-state index contributed by atoms with van der Waals surface area (Å²) in [5.74, 6) is -1.45. The molecule has 31 heavy (non-hydrogen) atoms. The van der Waals surface area contributed by atoms with Crippen molar-refractivity contribution in [2.24, 2.45) is 0 Å². The van der Waals surface area contributed by atoms with Gasteiger partial charge in [0.1, 0.15) is 24.2 Å². The molecule has 0 bridgehead atoms. The molecule has 2 fully saturated rings. The molecule has 2 aliphatic heterocycles. The highest BCUT2D eigenvalue weighted by atomic mass is 19.1. The van der Waals surface area contributed by atoms with Crippen LogP contribution < -0.4 is 0 Å². The fraction of sp³-hybridized carbons (Fsp3) is 0.348. The van der Waals surface area contributed by atoms with Gasteiger partial charge in [-0.25, -0.2) is 8.78 Å². The largest absolute Gasteiger partial charge is 0.341 e. The second-order valence-corrected chi connectivity index (χ2v) is 7.86. The van der Waals surface area contributed by atoms with E-state index in [-0.39, 0.29) is 43.8 Å². The third-order valence-corrected chi connectivity index (χ3v) is 5.82. The molecule has 1 unspecified atom stereocenters. The number of nitrogens with zero attached hydrogens (tertiary/aromatic N) is 3. The molecule has 4 rings (SSSR count). The van der Waals surface area contributed by atoms with Crippen LogP contribution in [0.4, 0.5) is 8.78 Å². The lowest BCUT2D eigenvalue weighted by atomic mass is 10.1. The summed E-state index contributed by atoms with van der Waals surface area (Å²) in [7, 11) is 0. The first kappa shape index (κ1) is 21.0. The molecule has 2 heterocycles. The quantitative estimate of drug-likeness (QED) is 0.750. The van der Waals surface area contributed by atoms with Crippen molar-refractivity contribution in [1.29, 1.82) is 0 Å². The number of hydrogen-bond acceptors (Lipinski definition) is 3. The topological polar surface area (TPSA) is 60.9 Å². The lowest BCUT2D eigenvalue weighted by Gasteiger charge is -2.39. The molecule has 3 amide bonds. The zero-order valence-corrected chi connectivity index (χ0v) is 17.0. The van der Waals surface area contributed by atoms with Gasteiger partial charge in [-0.15, -0.1) is 0 Å². The van der Waals surface area contributed by atoms with Gasteiger partial charge in [-0.3, -0.25) is 14.4 Å². The minimum absolute atomic E-state index is 0.0646. The summed E-state index contributed by atoms with van der Waals surface area (Å²) >= 11 is 0. The molecule has 0 spiro atoms. The lowest BCUT2D eigenvalue weighted by molar-refractivity contribution is -0.156. The molecule has 0 N–H and O–H groups in total. The van der Waals surface area contributed by atoms with Crippen LogP contribution in [0.15, 0.2) is 48.5 Å². The summed E-state index contributed by atoms with van der Waals surface area (Å²) in [6, 6.07) is 11.4.